The Bertz CT molecular complexity index is 946. The van der Waals surface area contributed by atoms with Crippen LogP contribution in [0.2, 0.25) is 0 Å². The van der Waals surface area contributed by atoms with E-state index in [1.165, 1.54) is 6.20 Å². The SMILES string of the molecule is CC(C)c1nc(-c2cnc(N)c(C(F)(F)F)c2)cn1[C@]12C3[C@@H]1[C@@H]2CN3CCF. The van der Waals surface area contributed by atoms with Crippen molar-refractivity contribution in [2.75, 3.05) is 25.5 Å². The molecule has 6 rings (SSSR count). The zero-order valence-corrected chi connectivity index (χ0v) is 15.5. The van der Waals surface area contributed by atoms with Gasteiger partial charge in [-0.2, -0.15) is 13.2 Å². The molecule has 2 aliphatic carbocycles. The molecule has 0 amide bonds. The Labute approximate surface area is 159 Å². The largest absolute Gasteiger partial charge is 0.419 e. The van der Waals surface area contributed by atoms with E-state index in [-0.39, 0.29) is 18.1 Å². The molecule has 150 valence electrons. The number of piperidine rings is 1. The lowest BCUT2D eigenvalue weighted by Crippen LogP contribution is -2.28. The van der Waals surface area contributed by atoms with Crippen LogP contribution in [0.15, 0.2) is 18.5 Å². The van der Waals surface area contributed by atoms with Gasteiger partial charge in [-0.25, -0.2) is 14.4 Å². The second-order valence-electron chi connectivity index (χ2n) is 8.31. The van der Waals surface area contributed by atoms with Crippen molar-refractivity contribution in [1.82, 2.24) is 19.4 Å². The smallest absolute Gasteiger partial charge is 0.383 e. The molecular formula is C19H21F4N5. The van der Waals surface area contributed by atoms with Crippen LogP contribution in [0.4, 0.5) is 23.4 Å². The summed E-state index contributed by atoms with van der Waals surface area (Å²) in [6, 6.07) is 1.33. The van der Waals surface area contributed by atoms with E-state index in [4.69, 9.17) is 5.73 Å². The molecule has 2 N–H and O–H groups in total. The van der Waals surface area contributed by atoms with Crippen molar-refractivity contribution in [2.45, 2.75) is 37.5 Å². The molecule has 0 spiro atoms. The fraction of sp³-hybridized carbons (Fsp3) is 0.579. The number of hydrogen-bond acceptors (Lipinski definition) is 4. The summed E-state index contributed by atoms with van der Waals surface area (Å²) >= 11 is 0. The van der Waals surface area contributed by atoms with Crippen LogP contribution in [-0.2, 0) is 11.7 Å². The second-order valence-corrected chi connectivity index (χ2v) is 8.31. The van der Waals surface area contributed by atoms with E-state index in [9.17, 15) is 17.6 Å². The average Bonchev–Trinajstić information content (AvgIpc) is 3.19. The maximum atomic E-state index is 13.2. The number of pyridine rings is 1. The molecule has 2 bridgehead atoms. The fourth-order valence-electron chi connectivity index (χ4n) is 5.28. The summed E-state index contributed by atoms with van der Waals surface area (Å²) in [4.78, 5) is 10.6. The Balaban J connectivity index is 1.54. The molecule has 4 heterocycles. The fourth-order valence-corrected chi connectivity index (χ4v) is 5.28. The number of nitrogens with two attached hydrogens (primary N) is 1. The van der Waals surface area contributed by atoms with E-state index < -0.39 is 17.6 Å². The normalized spacial score (nSPS) is 30.8. The minimum atomic E-state index is -4.57. The van der Waals surface area contributed by atoms with Crippen LogP contribution < -0.4 is 5.73 Å². The van der Waals surface area contributed by atoms with Crippen molar-refractivity contribution in [3.63, 3.8) is 0 Å². The number of anilines is 1. The van der Waals surface area contributed by atoms with Crippen LogP contribution in [-0.4, -0.2) is 45.2 Å². The van der Waals surface area contributed by atoms with Crippen LogP contribution >= 0.6 is 0 Å². The Morgan fingerprint density at radius 1 is 1.36 bits per heavy atom. The minimum absolute atomic E-state index is 0.0475. The Morgan fingerprint density at radius 2 is 2.11 bits per heavy atom. The second kappa shape index (κ2) is 5.46. The highest BCUT2D eigenvalue weighted by molar-refractivity contribution is 5.63. The van der Waals surface area contributed by atoms with Crippen molar-refractivity contribution >= 4 is 5.82 Å². The summed E-state index contributed by atoms with van der Waals surface area (Å²) in [5.74, 6) is 1.41. The number of imidazole rings is 1. The number of rotatable bonds is 5. The highest BCUT2D eigenvalue weighted by Gasteiger charge is 2.93. The van der Waals surface area contributed by atoms with Crippen LogP contribution in [0.25, 0.3) is 11.3 Å². The zero-order chi connectivity index (χ0) is 20.0. The lowest BCUT2D eigenvalue weighted by Gasteiger charge is -2.18. The van der Waals surface area contributed by atoms with Gasteiger partial charge in [0.2, 0.25) is 0 Å². The highest BCUT2D eigenvalue weighted by atomic mass is 19.4. The molecule has 2 aromatic rings. The molecule has 9 heteroatoms. The van der Waals surface area contributed by atoms with Gasteiger partial charge in [-0.3, -0.25) is 4.90 Å². The lowest BCUT2D eigenvalue weighted by atomic mass is 10.1. The van der Waals surface area contributed by atoms with Crippen LogP contribution in [0.3, 0.4) is 0 Å². The Hall–Kier alpha value is -2.16. The topological polar surface area (TPSA) is 60.0 Å². The van der Waals surface area contributed by atoms with Gasteiger partial charge in [0, 0.05) is 54.8 Å². The summed E-state index contributed by atoms with van der Waals surface area (Å²) in [7, 11) is 0. The molecular weight excluding hydrogens is 374 g/mol. The molecule has 28 heavy (non-hydrogen) atoms. The first-order valence-electron chi connectivity index (χ1n) is 9.44. The van der Waals surface area contributed by atoms with Crippen LogP contribution in [0.5, 0.6) is 0 Å². The summed E-state index contributed by atoms with van der Waals surface area (Å²) in [6.45, 7) is 4.99. The number of halogens is 4. The van der Waals surface area contributed by atoms with Gasteiger partial charge in [-0.15, -0.1) is 0 Å². The van der Waals surface area contributed by atoms with Crippen molar-refractivity contribution < 1.29 is 17.6 Å². The average molecular weight is 395 g/mol. The molecule has 5 nitrogen and oxygen atoms in total. The third-order valence-corrected chi connectivity index (χ3v) is 6.54. The number of nitrogen functional groups attached to an aromatic ring is 1. The summed E-state index contributed by atoms with van der Waals surface area (Å²) in [5.41, 5.74) is 5.18. The molecule has 0 radical (unpaired) electrons. The van der Waals surface area contributed by atoms with Crippen molar-refractivity contribution in [1.29, 1.82) is 0 Å². The molecule has 2 aromatic heterocycles. The molecule has 4 aliphatic rings. The molecule has 1 unspecified atom stereocenters. The van der Waals surface area contributed by atoms with Gasteiger partial charge >= 0.3 is 6.18 Å². The van der Waals surface area contributed by atoms with Crippen LogP contribution in [0.1, 0.15) is 31.2 Å². The Kier molecular flexibility index (Phi) is 3.49. The number of nitrogens with zero attached hydrogens (tertiary/aromatic N) is 4. The standard InChI is InChI=1S/C19H21F4N5/c1-9(2)17-26-13(10-5-11(19(21,22)23)16(24)25-6-10)8-28(17)18-12-7-27(4-3-20)15(18)14(12)18/h5-6,8-9,12,14-15H,3-4,7H2,1-2H3,(H2,24,25)/t12-,14-,15?,18-/m0/s1. The van der Waals surface area contributed by atoms with Crippen molar-refractivity contribution in [2.24, 2.45) is 11.8 Å². The molecule has 2 saturated heterocycles. The van der Waals surface area contributed by atoms with E-state index in [2.05, 4.69) is 19.4 Å². The van der Waals surface area contributed by atoms with Gasteiger partial charge in [0.1, 0.15) is 18.3 Å². The van der Waals surface area contributed by atoms with Gasteiger partial charge in [-0.05, 0) is 6.07 Å². The van der Waals surface area contributed by atoms with E-state index >= 15 is 0 Å². The zero-order valence-electron chi connectivity index (χ0n) is 15.5. The van der Waals surface area contributed by atoms with Gasteiger partial charge in [0.05, 0.1) is 16.8 Å². The first kappa shape index (κ1) is 17.9. The first-order valence-corrected chi connectivity index (χ1v) is 9.44. The summed E-state index contributed by atoms with van der Waals surface area (Å²) in [6.07, 6.45) is -1.39. The Morgan fingerprint density at radius 3 is 2.71 bits per heavy atom. The predicted molar refractivity (Wildman–Crippen MR) is 95.3 cm³/mol. The quantitative estimate of drug-likeness (QED) is 0.790. The maximum Gasteiger partial charge on any atom is 0.419 e. The highest BCUT2D eigenvalue weighted by Crippen LogP contribution is 2.83. The number of alkyl halides is 4. The van der Waals surface area contributed by atoms with E-state index in [1.807, 2.05) is 20.0 Å². The van der Waals surface area contributed by atoms with Gasteiger partial charge in [0.15, 0.2) is 0 Å². The van der Waals surface area contributed by atoms with E-state index in [0.29, 0.717) is 35.7 Å². The molecule has 2 saturated carbocycles. The van der Waals surface area contributed by atoms with Gasteiger partial charge in [-0.1, -0.05) is 13.8 Å². The van der Waals surface area contributed by atoms with Crippen LogP contribution in [0, 0.1) is 11.8 Å². The van der Waals surface area contributed by atoms with Gasteiger partial charge < -0.3 is 10.3 Å². The number of fused-ring (bicyclic) bond motifs is 1. The summed E-state index contributed by atoms with van der Waals surface area (Å²) < 4.78 is 54.6. The number of aromatic nitrogens is 3. The number of hydrogen-bond donors (Lipinski definition) is 1. The first-order chi connectivity index (χ1) is 13.2. The van der Waals surface area contributed by atoms with Gasteiger partial charge in [0.25, 0.3) is 0 Å². The summed E-state index contributed by atoms with van der Waals surface area (Å²) in [5, 5.41) is 0. The predicted octanol–water partition coefficient (Wildman–Crippen LogP) is 3.28. The van der Waals surface area contributed by atoms with Crippen molar-refractivity contribution in [3.8, 4) is 11.3 Å². The molecule has 4 fully saturated rings. The molecule has 0 aromatic carbocycles. The third kappa shape index (κ3) is 2.16. The molecule has 2 aliphatic heterocycles. The monoisotopic (exact) mass is 395 g/mol. The molecule has 4 atom stereocenters. The van der Waals surface area contributed by atoms with E-state index in [0.717, 1.165) is 18.4 Å². The third-order valence-electron chi connectivity index (χ3n) is 6.54. The van der Waals surface area contributed by atoms with E-state index in [1.54, 1.807) is 0 Å². The van der Waals surface area contributed by atoms with Crippen molar-refractivity contribution in [3.05, 3.63) is 29.8 Å². The maximum absolute atomic E-state index is 13.2. The minimum Gasteiger partial charge on any atom is -0.383 e. The lowest BCUT2D eigenvalue weighted by molar-refractivity contribution is -0.137.